The number of alkyl halides is 1. The first-order chi connectivity index (χ1) is 13.1. The SMILES string of the molecule is CC1(C)OC[C@@H]([C@@](C)(I)Oc2cc(Cl)nc(SCc3cccc(F)c3F)n2)O1. The van der Waals surface area contributed by atoms with Crippen LogP contribution in [0, 0.1) is 11.6 Å². The third-order valence-corrected chi connectivity index (χ3v) is 5.93. The van der Waals surface area contributed by atoms with Crippen molar-refractivity contribution in [2.45, 2.75) is 47.2 Å². The number of ether oxygens (including phenoxy) is 3. The molecule has 2 heterocycles. The van der Waals surface area contributed by atoms with Crippen LogP contribution in [0.1, 0.15) is 26.3 Å². The summed E-state index contributed by atoms with van der Waals surface area (Å²) in [5.74, 6) is -2.04. The number of hydrogen-bond donors (Lipinski definition) is 0. The second-order valence-electron chi connectivity index (χ2n) is 6.72. The van der Waals surface area contributed by atoms with Gasteiger partial charge in [-0.15, -0.1) is 0 Å². The van der Waals surface area contributed by atoms with Gasteiger partial charge in [0.1, 0.15) is 11.3 Å². The fourth-order valence-electron chi connectivity index (χ4n) is 2.51. The first-order valence-corrected chi connectivity index (χ1v) is 10.8. The van der Waals surface area contributed by atoms with Gasteiger partial charge in [0.15, 0.2) is 26.2 Å². The van der Waals surface area contributed by atoms with Gasteiger partial charge in [0.05, 0.1) is 6.61 Å². The summed E-state index contributed by atoms with van der Waals surface area (Å²) in [5.41, 5.74) is 0.216. The van der Waals surface area contributed by atoms with Crippen molar-refractivity contribution in [3.63, 3.8) is 0 Å². The number of thioether (sulfide) groups is 1. The molecule has 2 atom stereocenters. The van der Waals surface area contributed by atoms with Crippen molar-refractivity contribution in [1.29, 1.82) is 0 Å². The molecule has 10 heteroatoms. The number of rotatable bonds is 6. The number of benzene rings is 1. The predicted molar refractivity (Wildman–Crippen MR) is 111 cm³/mol. The molecule has 0 spiro atoms. The molecule has 1 aromatic carbocycles. The Labute approximate surface area is 184 Å². The maximum atomic E-state index is 13.8. The van der Waals surface area contributed by atoms with Crippen LogP contribution in [0.2, 0.25) is 5.15 Å². The van der Waals surface area contributed by atoms with Gasteiger partial charge in [-0.05, 0) is 49.4 Å². The normalized spacial score (nSPS) is 20.8. The topological polar surface area (TPSA) is 53.5 Å². The summed E-state index contributed by atoms with van der Waals surface area (Å²) in [4.78, 5) is 8.44. The third kappa shape index (κ3) is 5.44. The van der Waals surface area contributed by atoms with Gasteiger partial charge in [-0.25, -0.2) is 13.8 Å². The molecule has 1 aromatic heterocycles. The van der Waals surface area contributed by atoms with E-state index in [1.54, 1.807) is 0 Å². The van der Waals surface area contributed by atoms with Crippen LogP contribution in [0.4, 0.5) is 8.78 Å². The predicted octanol–water partition coefficient (Wildman–Crippen LogP) is 5.38. The van der Waals surface area contributed by atoms with Crippen LogP contribution in [0.15, 0.2) is 29.4 Å². The largest absolute Gasteiger partial charge is 0.458 e. The maximum Gasteiger partial charge on any atom is 0.220 e. The van der Waals surface area contributed by atoms with Crippen LogP contribution in [-0.4, -0.2) is 32.1 Å². The Morgan fingerprint density at radius 1 is 1.39 bits per heavy atom. The van der Waals surface area contributed by atoms with Crippen molar-refractivity contribution < 1.29 is 23.0 Å². The molecule has 0 bridgehead atoms. The summed E-state index contributed by atoms with van der Waals surface area (Å²) in [6, 6.07) is 5.53. The van der Waals surface area contributed by atoms with Gasteiger partial charge < -0.3 is 14.2 Å². The van der Waals surface area contributed by atoms with Gasteiger partial charge in [-0.1, -0.05) is 35.5 Å². The quantitative estimate of drug-likeness (QED) is 0.161. The lowest BCUT2D eigenvalue weighted by atomic mass is 10.2. The first-order valence-electron chi connectivity index (χ1n) is 8.36. The average Bonchev–Trinajstić information content (AvgIpc) is 2.96. The fraction of sp³-hybridized carbons (Fsp3) is 0.444. The molecule has 0 radical (unpaired) electrons. The molecule has 152 valence electrons. The zero-order valence-corrected chi connectivity index (χ0v) is 19.1. The van der Waals surface area contributed by atoms with Crippen LogP contribution < -0.4 is 4.74 Å². The second-order valence-corrected chi connectivity index (χ2v) is 10.2. The fourth-order valence-corrected chi connectivity index (χ4v) is 4.09. The van der Waals surface area contributed by atoms with Gasteiger partial charge in [-0.2, -0.15) is 4.98 Å². The molecule has 1 aliphatic heterocycles. The Kier molecular flexibility index (Phi) is 6.70. The zero-order valence-electron chi connectivity index (χ0n) is 15.3. The van der Waals surface area contributed by atoms with Crippen LogP contribution in [0.5, 0.6) is 5.88 Å². The van der Waals surface area contributed by atoms with E-state index in [0.29, 0.717) is 11.8 Å². The molecular formula is C18H18ClF2IN2O3S. The van der Waals surface area contributed by atoms with Gasteiger partial charge in [0.2, 0.25) is 5.88 Å². The van der Waals surface area contributed by atoms with E-state index in [-0.39, 0.29) is 28.5 Å². The molecule has 2 aromatic rings. The van der Waals surface area contributed by atoms with Crippen molar-refractivity contribution in [3.05, 3.63) is 46.6 Å². The molecule has 0 amide bonds. The van der Waals surface area contributed by atoms with Crippen molar-refractivity contribution in [2.75, 3.05) is 6.61 Å². The molecule has 0 saturated carbocycles. The minimum atomic E-state index is -0.892. The monoisotopic (exact) mass is 542 g/mol. The number of hydrogen-bond acceptors (Lipinski definition) is 6. The minimum Gasteiger partial charge on any atom is -0.458 e. The summed E-state index contributed by atoms with van der Waals surface area (Å²) in [7, 11) is 0. The highest BCUT2D eigenvalue weighted by atomic mass is 127. The molecule has 3 rings (SSSR count). The van der Waals surface area contributed by atoms with Gasteiger partial charge in [0, 0.05) is 17.4 Å². The molecule has 0 aliphatic carbocycles. The van der Waals surface area contributed by atoms with E-state index in [1.807, 2.05) is 20.8 Å². The Hall–Kier alpha value is -0.750. The van der Waals surface area contributed by atoms with Gasteiger partial charge >= 0.3 is 0 Å². The van der Waals surface area contributed by atoms with Crippen LogP contribution >= 0.6 is 46.0 Å². The van der Waals surface area contributed by atoms with Crippen LogP contribution in [-0.2, 0) is 15.2 Å². The summed E-state index contributed by atoms with van der Waals surface area (Å²) in [5, 5.41) is 0.477. The smallest absolute Gasteiger partial charge is 0.220 e. The first kappa shape index (κ1) is 21.9. The number of nitrogens with zero attached hydrogens (tertiary/aromatic N) is 2. The van der Waals surface area contributed by atoms with Gasteiger partial charge in [0.25, 0.3) is 0 Å². The van der Waals surface area contributed by atoms with E-state index in [2.05, 4.69) is 32.6 Å². The van der Waals surface area contributed by atoms with E-state index in [1.165, 1.54) is 18.2 Å². The van der Waals surface area contributed by atoms with E-state index in [9.17, 15) is 8.78 Å². The lowest BCUT2D eigenvalue weighted by Crippen LogP contribution is -2.41. The molecular weight excluding hydrogens is 525 g/mol. The lowest BCUT2D eigenvalue weighted by molar-refractivity contribution is -0.149. The standard InChI is InChI=1S/C18H18ClF2IN2O3S/c1-17(2)25-8-12(26-17)18(3,22)27-14-7-13(19)23-16(24-14)28-9-10-5-4-6-11(20)15(10)21/h4-7,12H,8-9H2,1-3H3/t12-,18-/m0/s1. The summed E-state index contributed by atoms with van der Waals surface area (Å²) < 4.78 is 43.8. The average molecular weight is 543 g/mol. The summed E-state index contributed by atoms with van der Waals surface area (Å²) in [6.45, 7) is 5.91. The van der Waals surface area contributed by atoms with Crippen LogP contribution in [0.25, 0.3) is 0 Å². The Balaban J connectivity index is 1.71. The zero-order chi connectivity index (χ0) is 20.5. The van der Waals surface area contributed by atoms with Crippen molar-refractivity contribution in [3.8, 4) is 5.88 Å². The highest BCUT2D eigenvalue weighted by Crippen LogP contribution is 2.36. The summed E-state index contributed by atoms with van der Waals surface area (Å²) in [6.07, 6.45) is -0.311. The van der Waals surface area contributed by atoms with E-state index in [0.717, 1.165) is 17.8 Å². The number of halogens is 4. The molecule has 1 fully saturated rings. The molecule has 1 aliphatic rings. The van der Waals surface area contributed by atoms with E-state index >= 15 is 0 Å². The second kappa shape index (κ2) is 8.55. The number of aromatic nitrogens is 2. The molecule has 5 nitrogen and oxygen atoms in total. The summed E-state index contributed by atoms with van der Waals surface area (Å²) >= 11 is 9.35. The van der Waals surface area contributed by atoms with Crippen molar-refractivity contribution >= 4 is 46.0 Å². The molecule has 28 heavy (non-hydrogen) atoms. The van der Waals surface area contributed by atoms with Crippen molar-refractivity contribution in [1.82, 2.24) is 9.97 Å². The maximum absolute atomic E-state index is 13.8. The van der Waals surface area contributed by atoms with Crippen LogP contribution in [0.3, 0.4) is 0 Å². The van der Waals surface area contributed by atoms with Gasteiger partial charge in [-0.3, -0.25) is 0 Å². The highest BCUT2D eigenvalue weighted by molar-refractivity contribution is 14.1. The highest BCUT2D eigenvalue weighted by Gasteiger charge is 2.45. The van der Waals surface area contributed by atoms with E-state index < -0.39 is 21.0 Å². The Bertz CT molecular complexity index is 873. The lowest BCUT2D eigenvalue weighted by Gasteiger charge is -2.29. The van der Waals surface area contributed by atoms with Crippen molar-refractivity contribution in [2.24, 2.45) is 0 Å². The van der Waals surface area contributed by atoms with E-state index in [4.69, 9.17) is 25.8 Å². The Morgan fingerprint density at radius 2 is 2.14 bits per heavy atom. The Morgan fingerprint density at radius 3 is 2.82 bits per heavy atom. The molecule has 1 saturated heterocycles. The minimum absolute atomic E-state index is 0.151. The molecule has 0 unspecified atom stereocenters. The molecule has 0 N–H and O–H groups in total. The third-order valence-electron chi connectivity index (χ3n) is 3.93.